The quantitative estimate of drug-likeness (QED) is 0.821. The average Bonchev–Trinajstić information content (AvgIpc) is 3.25. The molecule has 3 rings (SSSR count). The van der Waals surface area contributed by atoms with E-state index < -0.39 is 0 Å². The lowest BCUT2D eigenvalue weighted by molar-refractivity contribution is 0.0911. The third-order valence-corrected chi connectivity index (χ3v) is 4.17. The van der Waals surface area contributed by atoms with Gasteiger partial charge in [-0.15, -0.1) is 0 Å². The summed E-state index contributed by atoms with van der Waals surface area (Å²) >= 11 is 0. The van der Waals surface area contributed by atoms with Gasteiger partial charge in [0.2, 0.25) is 5.88 Å². The number of aromatic nitrogens is 2. The number of aliphatic hydroxyl groups is 1. The maximum Gasteiger partial charge on any atom is 0.271 e. The average molecular weight is 291 g/mol. The number of amides is 1. The molecule has 0 aliphatic heterocycles. The lowest BCUT2D eigenvalue weighted by atomic mass is 10.1. The van der Waals surface area contributed by atoms with Crippen molar-refractivity contribution in [2.24, 2.45) is 11.8 Å². The molecule has 0 radical (unpaired) electrons. The molecule has 6 nitrogen and oxygen atoms in total. The van der Waals surface area contributed by atoms with Gasteiger partial charge in [-0.2, -0.15) is 0 Å². The van der Waals surface area contributed by atoms with E-state index in [9.17, 15) is 9.90 Å². The number of rotatable bonds is 6. The largest absolute Gasteiger partial charge is 0.476 e. The number of nitrogens with zero attached hydrogens (tertiary/aromatic N) is 2. The van der Waals surface area contributed by atoms with E-state index in [0.717, 1.165) is 19.3 Å². The van der Waals surface area contributed by atoms with Crippen LogP contribution in [-0.2, 0) is 0 Å². The van der Waals surface area contributed by atoms with Gasteiger partial charge < -0.3 is 15.2 Å². The number of carbonyl (C=O) groups is 1. The summed E-state index contributed by atoms with van der Waals surface area (Å²) in [7, 11) is 0. The molecular formula is C15H21N3O3. The minimum atomic E-state index is -0.297. The van der Waals surface area contributed by atoms with E-state index in [-0.39, 0.29) is 23.6 Å². The van der Waals surface area contributed by atoms with Gasteiger partial charge in [-0.3, -0.25) is 4.79 Å². The van der Waals surface area contributed by atoms with Gasteiger partial charge in [-0.05, 0) is 31.6 Å². The smallest absolute Gasteiger partial charge is 0.271 e. The molecule has 1 aromatic heterocycles. The predicted octanol–water partition coefficient (Wildman–Crippen LogP) is 1.16. The minimum absolute atomic E-state index is 0.156. The molecule has 2 atom stereocenters. The fraction of sp³-hybridized carbons (Fsp3) is 0.667. The van der Waals surface area contributed by atoms with E-state index in [0.29, 0.717) is 24.9 Å². The van der Waals surface area contributed by atoms with Crippen LogP contribution in [0, 0.1) is 11.8 Å². The number of carbonyl (C=O) groups excluding carboxylic acids is 1. The van der Waals surface area contributed by atoms with E-state index in [1.807, 2.05) is 0 Å². The third kappa shape index (κ3) is 3.91. The van der Waals surface area contributed by atoms with Gasteiger partial charge in [0.25, 0.3) is 5.91 Å². The maximum absolute atomic E-state index is 12.0. The Balaban J connectivity index is 1.47. The van der Waals surface area contributed by atoms with Gasteiger partial charge in [0.15, 0.2) is 0 Å². The molecule has 2 fully saturated rings. The molecular weight excluding hydrogens is 270 g/mol. The van der Waals surface area contributed by atoms with E-state index in [4.69, 9.17) is 4.74 Å². The van der Waals surface area contributed by atoms with Crippen molar-refractivity contribution >= 4 is 5.91 Å². The summed E-state index contributed by atoms with van der Waals surface area (Å²) in [5.41, 5.74) is 0.279. The highest BCUT2D eigenvalue weighted by Crippen LogP contribution is 2.29. The molecule has 0 spiro atoms. The van der Waals surface area contributed by atoms with Crippen LogP contribution in [0.15, 0.2) is 12.4 Å². The van der Waals surface area contributed by atoms with E-state index >= 15 is 0 Å². The van der Waals surface area contributed by atoms with Crippen molar-refractivity contribution in [2.45, 2.75) is 38.2 Å². The van der Waals surface area contributed by atoms with Gasteiger partial charge in [0, 0.05) is 12.5 Å². The number of hydrogen-bond donors (Lipinski definition) is 2. The summed E-state index contributed by atoms with van der Waals surface area (Å²) in [6.07, 6.45) is 7.88. The molecule has 2 saturated carbocycles. The van der Waals surface area contributed by atoms with Crippen molar-refractivity contribution in [1.29, 1.82) is 0 Å². The lowest BCUT2D eigenvalue weighted by Gasteiger charge is -2.14. The molecule has 6 heteroatoms. The van der Waals surface area contributed by atoms with E-state index in [2.05, 4.69) is 15.3 Å². The zero-order valence-corrected chi connectivity index (χ0v) is 12.0. The van der Waals surface area contributed by atoms with Crippen LogP contribution in [0.4, 0.5) is 0 Å². The molecule has 114 valence electrons. The van der Waals surface area contributed by atoms with Crippen LogP contribution < -0.4 is 10.1 Å². The topological polar surface area (TPSA) is 84.3 Å². The number of ether oxygens (including phenoxy) is 1. The third-order valence-electron chi connectivity index (χ3n) is 4.17. The second-order valence-corrected chi connectivity index (χ2v) is 5.96. The van der Waals surface area contributed by atoms with Gasteiger partial charge in [-0.25, -0.2) is 9.97 Å². The first kappa shape index (κ1) is 14.3. The summed E-state index contributed by atoms with van der Waals surface area (Å²) in [5, 5.41) is 12.5. The van der Waals surface area contributed by atoms with Gasteiger partial charge in [0.1, 0.15) is 5.69 Å². The second kappa shape index (κ2) is 6.39. The van der Waals surface area contributed by atoms with Crippen LogP contribution in [-0.4, -0.2) is 40.2 Å². The Bertz CT molecular complexity index is 487. The van der Waals surface area contributed by atoms with Crippen LogP contribution in [0.5, 0.6) is 5.88 Å². The fourth-order valence-corrected chi connectivity index (χ4v) is 2.57. The lowest BCUT2D eigenvalue weighted by Crippen LogP contribution is -2.32. The molecule has 0 aromatic carbocycles. The highest BCUT2D eigenvalue weighted by molar-refractivity contribution is 5.91. The number of hydrogen-bond acceptors (Lipinski definition) is 5. The Morgan fingerprint density at radius 3 is 2.76 bits per heavy atom. The summed E-state index contributed by atoms with van der Waals surface area (Å²) in [4.78, 5) is 20.1. The molecule has 2 aliphatic rings. The summed E-state index contributed by atoms with van der Waals surface area (Å²) in [5.74, 6) is 1.02. The van der Waals surface area contributed by atoms with Crippen LogP contribution in [0.3, 0.4) is 0 Å². The molecule has 2 aliphatic carbocycles. The number of nitrogens with one attached hydrogen (secondary N) is 1. The zero-order valence-electron chi connectivity index (χ0n) is 12.0. The minimum Gasteiger partial charge on any atom is -0.476 e. The first-order chi connectivity index (χ1) is 10.2. The molecule has 0 unspecified atom stereocenters. The van der Waals surface area contributed by atoms with Crippen molar-refractivity contribution in [3.8, 4) is 5.88 Å². The highest BCUT2D eigenvalue weighted by Gasteiger charge is 2.25. The normalized spacial score (nSPS) is 24.8. The Labute approximate surface area is 123 Å². The van der Waals surface area contributed by atoms with Crippen LogP contribution >= 0.6 is 0 Å². The van der Waals surface area contributed by atoms with E-state index in [1.165, 1.54) is 25.2 Å². The summed E-state index contributed by atoms with van der Waals surface area (Å²) in [6, 6.07) is 0. The Morgan fingerprint density at radius 2 is 2.14 bits per heavy atom. The standard InChI is InChI=1S/C15H21N3O3/c19-13-3-1-2-11(13)6-18-15(20)12-7-17-14(8-16-12)21-9-10-4-5-10/h7-8,10-11,13,19H,1-6,9H2,(H,18,20)/t11-,13-/m1/s1. The van der Waals surface area contributed by atoms with Crippen molar-refractivity contribution in [3.05, 3.63) is 18.1 Å². The molecule has 2 N–H and O–H groups in total. The van der Waals surface area contributed by atoms with Crippen molar-refractivity contribution in [3.63, 3.8) is 0 Å². The first-order valence-electron chi connectivity index (χ1n) is 7.63. The van der Waals surface area contributed by atoms with Gasteiger partial charge in [0.05, 0.1) is 25.1 Å². The number of aliphatic hydroxyl groups excluding tert-OH is 1. The molecule has 0 saturated heterocycles. The molecule has 1 heterocycles. The fourth-order valence-electron chi connectivity index (χ4n) is 2.57. The first-order valence-corrected chi connectivity index (χ1v) is 7.63. The van der Waals surface area contributed by atoms with Crippen LogP contribution in [0.1, 0.15) is 42.6 Å². The Kier molecular flexibility index (Phi) is 4.34. The van der Waals surface area contributed by atoms with E-state index in [1.54, 1.807) is 0 Å². The van der Waals surface area contributed by atoms with Gasteiger partial charge in [-0.1, -0.05) is 6.42 Å². The van der Waals surface area contributed by atoms with Crippen molar-refractivity contribution in [2.75, 3.05) is 13.2 Å². The molecule has 1 aromatic rings. The summed E-state index contributed by atoms with van der Waals surface area (Å²) < 4.78 is 5.48. The molecule has 0 bridgehead atoms. The predicted molar refractivity (Wildman–Crippen MR) is 75.9 cm³/mol. The second-order valence-electron chi connectivity index (χ2n) is 5.96. The Morgan fingerprint density at radius 1 is 1.29 bits per heavy atom. The molecule has 21 heavy (non-hydrogen) atoms. The van der Waals surface area contributed by atoms with Gasteiger partial charge >= 0.3 is 0 Å². The SMILES string of the molecule is O=C(NC[C@H]1CCC[C@H]1O)c1cnc(OCC2CC2)cn1. The van der Waals surface area contributed by atoms with Crippen LogP contribution in [0.25, 0.3) is 0 Å². The van der Waals surface area contributed by atoms with Crippen molar-refractivity contribution in [1.82, 2.24) is 15.3 Å². The monoisotopic (exact) mass is 291 g/mol. The zero-order chi connectivity index (χ0) is 14.7. The maximum atomic E-state index is 12.0. The molecule has 1 amide bonds. The Hall–Kier alpha value is -1.69. The summed E-state index contributed by atoms with van der Waals surface area (Å²) in [6.45, 7) is 1.17. The van der Waals surface area contributed by atoms with Crippen LogP contribution in [0.2, 0.25) is 0 Å². The highest BCUT2D eigenvalue weighted by atomic mass is 16.5. The van der Waals surface area contributed by atoms with Crippen molar-refractivity contribution < 1.29 is 14.6 Å².